The fraction of sp³-hybridized carbons (Fsp3) is 0.667. The molecule has 1 heterocycles. The van der Waals surface area contributed by atoms with Crippen molar-refractivity contribution < 1.29 is 9.47 Å². The Morgan fingerprint density at radius 3 is 2.48 bits per heavy atom. The fourth-order valence-electron chi connectivity index (χ4n) is 3.09. The maximum Gasteiger partial charge on any atom is 0.191 e. The topological polar surface area (TPSA) is 58.1 Å². The first-order valence-corrected chi connectivity index (χ1v) is 10.2. The van der Waals surface area contributed by atoms with E-state index in [1.165, 1.54) is 37.1 Å². The Kier molecular flexibility index (Phi) is 10.9. The SMILES string of the molecule is CCNC(=NCc1ccc(CN2CCCC2)cc1)NCCCOCCOC. The summed E-state index contributed by atoms with van der Waals surface area (Å²) in [7, 11) is 1.69. The van der Waals surface area contributed by atoms with Crippen molar-refractivity contribution >= 4 is 5.96 Å². The predicted molar refractivity (Wildman–Crippen MR) is 111 cm³/mol. The summed E-state index contributed by atoms with van der Waals surface area (Å²) >= 11 is 0. The molecule has 1 aromatic carbocycles. The molecule has 0 atom stereocenters. The molecule has 0 aliphatic carbocycles. The summed E-state index contributed by atoms with van der Waals surface area (Å²) in [4.78, 5) is 7.21. The Hall–Kier alpha value is -1.63. The first-order chi connectivity index (χ1) is 13.3. The highest BCUT2D eigenvalue weighted by molar-refractivity contribution is 5.79. The number of hydrogen-bond acceptors (Lipinski definition) is 4. The van der Waals surface area contributed by atoms with Gasteiger partial charge in [-0.25, -0.2) is 4.99 Å². The lowest BCUT2D eigenvalue weighted by Gasteiger charge is -2.14. The molecule has 1 aliphatic rings. The van der Waals surface area contributed by atoms with Crippen LogP contribution in [0.5, 0.6) is 0 Å². The molecular formula is C21H36N4O2. The Bertz CT molecular complexity index is 527. The first-order valence-electron chi connectivity index (χ1n) is 10.2. The van der Waals surface area contributed by atoms with Crippen molar-refractivity contribution in [2.75, 3.05) is 53.1 Å². The normalized spacial score (nSPS) is 15.3. The van der Waals surface area contributed by atoms with Gasteiger partial charge < -0.3 is 20.1 Å². The van der Waals surface area contributed by atoms with Crippen LogP contribution < -0.4 is 10.6 Å². The van der Waals surface area contributed by atoms with Gasteiger partial charge in [0.2, 0.25) is 0 Å². The number of nitrogens with one attached hydrogen (secondary N) is 2. The minimum atomic E-state index is 0.647. The van der Waals surface area contributed by atoms with Gasteiger partial charge >= 0.3 is 0 Å². The summed E-state index contributed by atoms with van der Waals surface area (Å²) < 4.78 is 10.4. The van der Waals surface area contributed by atoms with Crippen LogP contribution in [0, 0.1) is 0 Å². The number of rotatable bonds is 12. The zero-order valence-electron chi connectivity index (χ0n) is 17.0. The van der Waals surface area contributed by atoms with Crippen LogP contribution in [0.3, 0.4) is 0 Å². The van der Waals surface area contributed by atoms with E-state index in [9.17, 15) is 0 Å². The van der Waals surface area contributed by atoms with E-state index in [0.717, 1.165) is 38.6 Å². The second-order valence-corrected chi connectivity index (χ2v) is 6.88. The number of benzene rings is 1. The molecule has 1 aromatic rings. The van der Waals surface area contributed by atoms with E-state index in [-0.39, 0.29) is 0 Å². The third kappa shape index (κ3) is 9.22. The van der Waals surface area contributed by atoms with E-state index in [0.29, 0.717) is 19.8 Å². The predicted octanol–water partition coefficient (Wildman–Crippen LogP) is 2.39. The van der Waals surface area contributed by atoms with E-state index in [1.807, 2.05) is 0 Å². The third-order valence-electron chi connectivity index (χ3n) is 4.58. The maximum absolute atomic E-state index is 5.48. The summed E-state index contributed by atoms with van der Waals surface area (Å²) in [5.74, 6) is 0.857. The molecule has 0 aromatic heterocycles. The van der Waals surface area contributed by atoms with E-state index in [1.54, 1.807) is 7.11 Å². The lowest BCUT2D eigenvalue weighted by atomic mass is 10.1. The Labute approximate surface area is 164 Å². The van der Waals surface area contributed by atoms with E-state index < -0.39 is 0 Å². The molecule has 2 N–H and O–H groups in total. The molecule has 0 spiro atoms. The molecular weight excluding hydrogens is 340 g/mol. The molecule has 0 radical (unpaired) electrons. The van der Waals surface area contributed by atoms with E-state index in [4.69, 9.17) is 9.47 Å². The zero-order chi connectivity index (χ0) is 19.2. The highest BCUT2D eigenvalue weighted by atomic mass is 16.5. The first kappa shape index (κ1) is 21.7. The van der Waals surface area contributed by atoms with Gasteiger partial charge in [-0.3, -0.25) is 4.90 Å². The van der Waals surface area contributed by atoms with Gasteiger partial charge in [0.05, 0.1) is 19.8 Å². The third-order valence-corrected chi connectivity index (χ3v) is 4.58. The van der Waals surface area contributed by atoms with Crippen molar-refractivity contribution in [1.82, 2.24) is 15.5 Å². The molecule has 27 heavy (non-hydrogen) atoms. The molecule has 0 saturated carbocycles. The van der Waals surface area contributed by atoms with Gasteiger partial charge in [-0.2, -0.15) is 0 Å². The van der Waals surface area contributed by atoms with Gasteiger partial charge in [-0.15, -0.1) is 0 Å². The van der Waals surface area contributed by atoms with Gasteiger partial charge in [0, 0.05) is 33.4 Å². The maximum atomic E-state index is 5.48. The van der Waals surface area contributed by atoms with Crippen molar-refractivity contribution in [3.05, 3.63) is 35.4 Å². The monoisotopic (exact) mass is 376 g/mol. The lowest BCUT2D eigenvalue weighted by molar-refractivity contribution is 0.0698. The van der Waals surface area contributed by atoms with Crippen molar-refractivity contribution in [3.63, 3.8) is 0 Å². The number of guanidine groups is 1. The molecule has 1 fully saturated rings. The van der Waals surface area contributed by atoms with Crippen LogP contribution in [0.1, 0.15) is 37.3 Å². The second-order valence-electron chi connectivity index (χ2n) is 6.88. The number of likely N-dealkylation sites (tertiary alicyclic amines) is 1. The lowest BCUT2D eigenvalue weighted by Crippen LogP contribution is -2.38. The molecule has 2 rings (SSSR count). The smallest absolute Gasteiger partial charge is 0.191 e. The van der Waals surface area contributed by atoms with Crippen molar-refractivity contribution in [2.45, 2.75) is 39.3 Å². The van der Waals surface area contributed by atoms with Gasteiger partial charge in [-0.05, 0) is 50.4 Å². The summed E-state index contributed by atoms with van der Waals surface area (Å²) in [5, 5.41) is 6.66. The number of methoxy groups -OCH3 is 1. The molecule has 1 saturated heterocycles. The minimum Gasteiger partial charge on any atom is -0.382 e. The Morgan fingerprint density at radius 1 is 1.04 bits per heavy atom. The standard InChI is InChI=1S/C21H36N4O2/c1-3-22-21(23-11-6-14-27-16-15-26-2)24-17-19-7-9-20(10-8-19)18-25-12-4-5-13-25/h7-10H,3-6,11-18H2,1-2H3,(H2,22,23,24). The summed E-state index contributed by atoms with van der Waals surface area (Å²) in [6, 6.07) is 8.87. The second kappa shape index (κ2) is 13.5. The van der Waals surface area contributed by atoms with Crippen molar-refractivity contribution in [1.29, 1.82) is 0 Å². The van der Waals surface area contributed by atoms with Crippen LogP contribution in [0.15, 0.2) is 29.3 Å². The van der Waals surface area contributed by atoms with Gasteiger partial charge in [-0.1, -0.05) is 24.3 Å². The average Bonchev–Trinajstić information content (AvgIpc) is 3.19. The molecule has 0 unspecified atom stereocenters. The van der Waals surface area contributed by atoms with Crippen LogP contribution in [-0.4, -0.2) is 64.0 Å². The number of nitrogens with zero attached hydrogens (tertiary/aromatic N) is 2. The van der Waals surface area contributed by atoms with Gasteiger partial charge in [0.25, 0.3) is 0 Å². The van der Waals surface area contributed by atoms with Crippen LogP contribution in [0.4, 0.5) is 0 Å². The number of ether oxygens (including phenoxy) is 2. The van der Waals surface area contributed by atoms with Crippen molar-refractivity contribution in [2.24, 2.45) is 4.99 Å². The average molecular weight is 377 g/mol. The van der Waals surface area contributed by atoms with Crippen LogP contribution >= 0.6 is 0 Å². The highest BCUT2D eigenvalue weighted by Crippen LogP contribution is 2.13. The Balaban J connectivity index is 1.71. The number of aliphatic imine (C=N–C) groups is 1. The molecule has 0 amide bonds. The highest BCUT2D eigenvalue weighted by Gasteiger charge is 2.11. The fourth-order valence-corrected chi connectivity index (χ4v) is 3.09. The molecule has 152 valence electrons. The van der Waals surface area contributed by atoms with Crippen molar-refractivity contribution in [3.8, 4) is 0 Å². The van der Waals surface area contributed by atoms with Crippen LogP contribution in [0.25, 0.3) is 0 Å². The summed E-state index contributed by atoms with van der Waals surface area (Å²) in [6.45, 7) is 10.0. The molecule has 1 aliphatic heterocycles. The van der Waals surface area contributed by atoms with Crippen LogP contribution in [0.2, 0.25) is 0 Å². The molecule has 6 nitrogen and oxygen atoms in total. The van der Waals surface area contributed by atoms with E-state index >= 15 is 0 Å². The van der Waals surface area contributed by atoms with Crippen LogP contribution in [-0.2, 0) is 22.6 Å². The molecule has 6 heteroatoms. The quantitative estimate of drug-likeness (QED) is 0.333. The van der Waals surface area contributed by atoms with Gasteiger partial charge in [0.1, 0.15) is 0 Å². The van der Waals surface area contributed by atoms with Gasteiger partial charge in [0.15, 0.2) is 5.96 Å². The largest absolute Gasteiger partial charge is 0.382 e. The number of hydrogen-bond donors (Lipinski definition) is 2. The summed E-state index contributed by atoms with van der Waals surface area (Å²) in [5.41, 5.74) is 2.63. The zero-order valence-corrected chi connectivity index (χ0v) is 17.0. The molecule has 0 bridgehead atoms. The minimum absolute atomic E-state index is 0.647. The Morgan fingerprint density at radius 2 is 1.78 bits per heavy atom. The summed E-state index contributed by atoms with van der Waals surface area (Å²) in [6.07, 6.45) is 3.62. The van der Waals surface area contributed by atoms with E-state index in [2.05, 4.69) is 51.7 Å².